The number of methoxy groups -OCH3 is 2. The molecular weight excluding hydrogens is 476 g/mol. The lowest BCUT2D eigenvalue weighted by Crippen LogP contribution is -2.10. The van der Waals surface area contributed by atoms with Gasteiger partial charge < -0.3 is 18.9 Å². The van der Waals surface area contributed by atoms with E-state index in [0.717, 1.165) is 10.0 Å². The molecule has 6 nitrogen and oxygen atoms in total. The molecule has 1 aliphatic rings. The summed E-state index contributed by atoms with van der Waals surface area (Å²) in [5.74, 6) is 1.02. The van der Waals surface area contributed by atoms with E-state index in [1.165, 1.54) is 14.2 Å². The van der Waals surface area contributed by atoms with Crippen molar-refractivity contribution >= 4 is 33.8 Å². The zero-order chi connectivity index (χ0) is 22.8. The van der Waals surface area contributed by atoms with E-state index in [1.54, 1.807) is 43.3 Å². The van der Waals surface area contributed by atoms with Crippen molar-refractivity contribution in [2.24, 2.45) is 0 Å². The molecule has 0 fully saturated rings. The third-order valence-corrected chi connectivity index (χ3v) is 5.47. The fourth-order valence-electron chi connectivity index (χ4n) is 3.31. The first-order chi connectivity index (χ1) is 15.4. The molecule has 0 atom stereocenters. The van der Waals surface area contributed by atoms with Crippen molar-refractivity contribution in [1.82, 2.24) is 0 Å². The quantitative estimate of drug-likeness (QED) is 0.260. The molecule has 0 aromatic heterocycles. The summed E-state index contributed by atoms with van der Waals surface area (Å²) in [6, 6.07) is 15.5. The summed E-state index contributed by atoms with van der Waals surface area (Å²) in [7, 11) is 3.00. The van der Waals surface area contributed by atoms with Gasteiger partial charge in [0.1, 0.15) is 23.0 Å². The third-order valence-electron chi connectivity index (χ3n) is 4.97. The van der Waals surface area contributed by atoms with Crippen LogP contribution < -0.4 is 18.9 Å². The van der Waals surface area contributed by atoms with Gasteiger partial charge in [-0.2, -0.15) is 0 Å². The minimum absolute atomic E-state index is 0.210. The van der Waals surface area contributed by atoms with E-state index in [4.69, 9.17) is 18.9 Å². The van der Waals surface area contributed by atoms with Crippen LogP contribution >= 0.6 is 15.9 Å². The minimum atomic E-state index is -0.584. The lowest BCUT2D eigenvalue weighted by Gasteiger charge is -2.11. The SMILES string of the molecule is COc1cc(OC)cc(C(=O)Oc2ccc3c(c2C)O/C(=C\c2cccc(Br)c2)C3=O)c1. The van der Waals surface area contributed by atoms with E-state index in [2.05, 4.69) is 15.9 Å². The van der Waals surface area contributed by atoms with E-state index in [-0.39, 0.29) is 17.1 Å². The Labute approximate surface area is 193 Å². The van der Waals surface area contributed by atoms with Crippen LogP contribution in [0.4, 0.5) is 0 Å². The number of carbonyl (C=O) groups excluding carboxylic acids is 2. The van der Waals surface area contributed by atoms with Gasteiger partial charge in [-0.05, 0) is 55.0 Å². The second-order valence-electron chi connectivity index (χ2n) is 7.05. The normalized spacial score (nSPS) is 13.5. The van der Waals surface area contributed by atoms with Gasteiger partial charge in [0, 0.05) is 16.1 Å². The topological polar surface area (TPSA) is 71.1 Å². The first-order valence-electron chi connectivity index (χ1n) is 9.68. The predicted molar refractivity (Wildman–Crippen MR) is 123 cm³/mol. The van der Waals surface area contributed by atoms with Gasteiger partial charge in [0.15, 0.2) is 5.76 Å². The highest BCUT2D eigenvalue weighted by Crippen LogP contribution is 2.39. The number of benzene rings is 3. The molecule has 0 saturated heterocycles. The van der Waals surface area contributed by atoms with Gasteiger partial charge in [-0.15, -0.1) is 0 Å². The summed E-state index contributed by atoms with van der Waals surface area (Å²) in [4.78, 5) is 25.5. The molecule has 162 valence electrons. The maximum atomic E-state index is 12.8. The number of rotatable bonds is 5. The van der Waals surface area contributed by atoms with Gasteiger partial charge in [-0.1, -0.05) is 28.1 Å². The lowest BCUT2D eigenvalue weighted by atomic mass is 10.1. The number of halogens is 1. The van der Waals surface area contributed by atoms with Gasteiger partial charge in [0.2, 0.25) is 5.78 Å². The van der Waals surface area contributed by atoms with Crippen molar-refractivity contribution in [1.29, 1.82) is 0 Å². The Bertz CT molecular complexity index is 1240. The Morgan fingerprint density at radius 3 is 2.38 bits per heavy atom. The van der Waals surface area contributed by atoms with Crippen LogP contribution in [0.25, 0.3) is 6.08 Å². The summed E-state index contributed by atoms with van der Waals surface area (Å²) in [6.07, 6.45) is 1.68. The number of ether oxygens (including phenoxy) is 4. The number of ketones is 1. The Balaban J connectivity index is 1.61. The van der Waals surface area contributed by atoms with Crippen LogP contribution in [0.2, 0.25) is 0 Å². The molecule has 0 N–H and O–H groups in total. The largest absolute Gasteiger partial charge is 0.497 e. The molecule has 4 rings (SSSR count). The number of hydrogen-bond donors (Lipinski definition) is 0. The molecule has 32 heavy (non-hydrogen) atoms. The molecule has 0 unspecified atom stereocenters. The number of hydrogen-bond acceptors (Lipinski definition) is 6. The van der Waals surface area contributed by atoms with Crippen LogP contribution in [0.5, 0.6) is 23.0 Å². The van der Waals surface area contributed by atoms with Crippen molar-refractivity contribution < 1.29 is 28.5 Å². The lowest BCUT2D eigenvalue weighted by molar-refractivity contribution is 0.0732. The van der Waals surface area contributed by atoms with Gasteiger partial charge >= 0.3 is 5.97 Å². The highest BCUT2D eigenvalue weighted by molar-refractivity contribution is 9.10. The van der Waals surface area contributed by atoms with Crippen molar-refractivity contribution in [2.75, 3.05) is 14.2 Å². The fourth-order valence-corrected chi connectivity index (χ4v) is 3.73. The standard InChI is InChI=1S/C25H19BrO6/c1-14-21(32-25(28)16-11-18(29-2)13-19(12-16)30-3)8-7-20-23(27)22(31-24(14)20)10-15-5-4-6-17(26)9-15/h4-13H,1-3H3/b22-10-. The zero-order valence-electron chi connectivity index (χ0n) is 17.6. The van der Waals surface area contributed by atoms with Crippen LogP contribution in [-0.4, -0.2) is 26.0 Å². The van der Waals surface area contributed by atoms with E-state index in [0.29, 0.717) is 34.1 Å². The summed E-state index contributed by atoms with van der Waals surface area (Å²) in [6.45, 7) is 1.74. The molecule has 0 amide bonds. The molecule has 0 radical (unpaired) electrons. The van der Waals surface area contributed by atoms with Gasteiger partial charge in [0.05, 0.1) is 25.3 Å². The number of esters is 1. The van der Waals surface area contributed by atoms with Gasteiger partial charge in [-0.25, -0.2) is 4.79 Å². The number of carbonyl (C=O) groups is 2. The molecule has 0 spiro atoms. The van der Waals surface area contributed by atoms with Gasteiger partial charge in [0.25, 0.3) is 0 Å². The third kappa shape index (κ3) is 4.24. The van der Waals surface area contributed by atoms with Crippen LogP contribution in [0, 0.1) is 6.92 Å². The van der Waals surface area contributed by atoms with Gasteiger partial charge in [-0.3, -0.25) is 4.79 Å². The van der Waals surface area contributed by atoms with Crippen LogP contribution in [0.15, 0.2) is 64.8 Å². The Hall–Kier alpha value is -3.58. The molecule has 1 heterocycles. The smallest absolute Gasteiger partial charge is 0.343 e. The molecule has 3 aromatic carbocycles. The van der Waals surface area contributed by atoms with E-state index >= 15 is 0 Å². The second-order valence-corrected chi connectivity index (χ2v) is 7.97. The van der Waals surface area contributed by atoms with E-state index in [1.807, 2.05) is 24.3 Å². The predicted octanol–water partition coefficient (Wildman–Crippen LogP) is 5.61. The van der Waals surface area contributed by atoms with Crippen LogP contribution in [0.1, 0.15) is 31.8 Å². The molecular formula is C25H19BrO6. The summed E-state index contributed by atoms with van der Waals surface area (Å²) in [5.41, 5.74) is 2.07. The Morgan fingerprint density at radius 1 is 1.00 bits per heavy atom. The minimum Gasteiger partial charge on any atom is -0.497 e. The van der Waals surface area contributed by atoms with E-state index in [9.17, 15) is 9.59 Å². The molecule has 0 aliphatic carbocycles. The monoisotopic (exact) mass is 494 g/mol. The maximum Gasteiger partial charge on any atom is 0.343 e. The van der Waals surface area contributed by atoms with E-state index < -0.39 is 5.97 Å². The Morgan fingerprint density at radius 2 is 1.72 bits per heavy atom. The average Bonchev–Trinajstić information content (AvgIpc) is 3.11. The first kappa shape index (κ1) is 21.6. The molecule has 0 bridgehead atoms. The zero-order valence-corrected chi connectivity index (χ0v) is 19.2. The molecule has 1 aliphatic heterocycles. The van der Waals surface area contributed by atoms with Crippen molar-refractivity contribution in [3.05, 3.63) is 87.1 Å². The second kappa shape index (κ2) is 8.88. The van der Waals surface area contributed by atoms with Crippen LogP contribution in [0.3, 0.4) is 0 Å². The molecule has 7 heteroatoms. The summed E-state index contributed by atoms with van der Waals surface area (Å²) in [5, 5.41) is 0. The summed E-state index contributed by atoms with van der Waals surface area (Å²) >= 11 is 3.42. The molecule has 0 saturated carbocycles. The number of fused-ring (bicyclic) bond motifs is 1. The number of allylic oxidation sites excluding steroid dienone is 1. The average molecular weight is 495 g/mol. The van der Waals surface area contributed by atoms with Crippen molar-refractivity contribution in [3.8, 4) is 23.0 Å². The van der Waals surface area contributed by atoms with Crippen LogP contribution in [-0.2, 0) is 0 Å². The summed E-state index contributed by atoms with van der Waals surface area (Å²) < 4.78 is 22.8. The van der Waals surface area contributed by atoms with Crippen molar-refractivity contribution in [3.63, 3.8) is 0 Å². The number of Topliss-reactive ketones (excluding diaryl/α,β-unsaturated/α-hetero) is 1. The highest BCUT2D eigenvalue weighted by Gasteiger charge is 2.30. The highest BCUT2D eigenvalue weighted by atomic mass is 79.9. The fraction of sp³-hybridized carbons (Fsp3) is 0.120. The first-order valence-corrected chi connectivity index (χ1v) is 10.5. The Kier molecular flexibility index (Phi) is 6.01. The molecule has 3 aromatic rings. The maximum absolute atomic E-state index is 12.8. The van der Waals surface area contributed by atoms with Crippen molar-refractivity contribution in [2.45, 2.75) is 6.92 Å².